The third kappa shape index (κ3) is 4.87. The maximum atomic E-state index is 6.53. The van der Waals surface area contributed by atoms with Gasteiger partial charge in [0.2, 0.25) is 4.77 Å². The van der Waals surface area contributed by atoms with E-state index in [4.69, 9.17) is 33.3 Å². The van der Waals surface area contributed by atoms with Gasteiger partial charge in [-0.3, -0.25) is 4.98 Å². The first-order valence-electron chi connectivity index (χ1n) is 9.50. The van der Waals surface area contributed by atoms with Crippen LogP contribution in [0.3, 0.4) is 0 Å². The average molecular weight is 454 g/mol. The number of rotatable bonds is 8. The third-order valence-corrected chi connectivity index (χ3v) is 5.23. The summed E-state index contributed by atoms with van der Waals surface area (Å²) in [5.74, 6) is 1.83. The summed E-state index contributed by atoms with van der Waals surface area (Å²) in [5.41, 5.74) is 6.03. The van der Waals surface area contributed by atoms with Gasteiger partial charge in [-0.1, -0.05) is 41.9 Å². The maximum Gasteiger partial charge on any atom is 0.214 e. The first kappa shape index (κ1) is 20.9. The van der Waals surface area contributed by atoms with Gasteiger partial charge < -0.3 is 14.9 Å². The summed E-state index contributed by atoms with van der Waals surface area (Å²) >= 11 is 11.9. The highest BCUT2D eigenvalue weighted by Gasteiger charge is 2.13. The molecule has 0 amide bonds. The van der Waals surface area contributed by atoms with E-state index in [0.717, 1.165) is 16.7 Å². The highest BCUT2D eigenvalue weighted by Crippen LogP contribution is 2.34. The minimum Gasteiger partial charge on any atom is -0.493 e. The van der Waals surface area contributed by atoms with Crippen LogP contribution < -0.4 is 14.9 Å². The summed E-state index contributed by atoms with van der Waals surface area (Å²) in [4.78, 5) is 4.04. The van der Waals surface area contributed by atoms with Gasteiger partial charge in [0.05, 0.1) is 13.7 Å². The molecule has 2 N–H and O–H groups in total. The van der Waals surface area contributed by atoms with Gasteiger partial charge in [-0.15, -0.1) is 0 Å². The zero-order valence-corrected chi connectivity index (χ0v) is 18.3. The van der Waals surface area contributed by atoms with Gasteiger partial charge in [-0.25, -0.2) is 9.77 Å². The summed E-state index contributed by atoms with van der Waals surface area (Å²) in [6.45, 7) is 0.824. The van der Waals surface area contributed by atoms with E-state index in [0.29, 0.717) is 40.3 Å². The standard InChI is InChI=1S/C22H20ClN5O2S/c1-29-19-11-17(18(23)12-20(19)30-14-15-5-3-2-4-6-15)13-25-28-21(26-27-22(28)31)16-7-9-24-10-8-16/h2-12,25H,13-14H2,1H3,(H,27,31). The molecule has 0 saturated heterocycles. The van der Waals surface area contributed by atoms with Crippen LogP contribution >= 0.6 is 23.8 Å². The monoisotopic (exact) mass is 453 g/mol. The number of hydrogen-bond acceptors (Lipinski definition) is 6. The third-order valence-electron chi connectivity index (χ3n) is 4.61. The fourth-order valence-corrected chi connectivity index (χ4v) is 3.44. The Morgan fingerprint density at radius 3 is 2.61 bits per heavy atom. The zero-order valence-electron chi connectivity index (χ0n) is 16.7. The van der Waals surface area contributed by atoms with Crippen LogP contribution in [-0.4, -0.2) is 27.0 Å². The van der Waals surface area contributed by atoms with Crippen molar-refractivity contribution in [3.8, 4) is 22.9 Å². The fraction of sp³-hybridized carbons (Fsp3) is 0.136. The number of aromatic nitrogens is 4. The Morgan fingerprint density at radius 1 is 1.10 bits per heavy atom. The summed E-state index contributed by atoms with van der Waals surface area (Å²) < 4.78 is 13.6. The van der Waals surface area contributed by atoms with Crippen molar-refractivity contribution in [3.05, 3.63) is 87.9 Å². The second-order valence-corrected chi connectivity index (χ2v) is 7.42. The number of nitrogens with one attached hydrogen (secondary N) is 2. The lowest BCUT2D eigenvalue weighted by Crippen LogP contribution is -2.16. The number of methoxy groups -OCH3 is 1. The Bertz CT molecular complexity index is 1210. The maximum absolute atomic E-state index is 6.53. The topological polar surface area (TPSA) is 77.0 Å². The molecule has 31 heavy (non-hydrogen) atoms. The highest BCUT2D eigenvalue weighted by atomic mass is 35.5. The number of hydrogen-bond donors (Lipinski definition) is 2. The van der Waals surface area contributed by atoms with Crippen molar-refractivity contribution in [2.24, 2.45) is 0 Å². The van der Waals surface area contributed by atoms with Crippen molar-refractivity contribution in [2.75, 3.05) is 12.5 Å². The molecule has 0 unspecified atom stereocenters. The van der Waals surface area contributed by atoms with Crippen molar-refractivity contribution in [1.82, 2.24) is 19.9 Å². The first-order valence-corrected chi connectivity index (χ1v) is 10.3. The molecule has 0 atom stereocenters. The lowest BCUT2D eigenvalue weighted by Gasteiger charge is -2.15. The van der Waals surface area contributed by atoms with Gasteiger partial charge in [0, 0.05) is 29.0 Å². The number of aromatic amines is 1. The lowest BCUT2D eigenvalue weighted by atomic mass is 10.2. The summed E-state index contributed by atoms with van der Waals surface area (Å²) in [5, 5.41) is 7.66. The number of pyridine rings is 1. The summed E-state index contributed by atoms with van der Waals surface area (Å²) in [6, 6.07) is 17.2. The SMILES string of the molecule is COc1cc(CNn2c(-c3ccncc3)n[nH]c2=S)c(Cl)cc1OCc1ccccc1. The molecule has 0 aliphatic carbocycles. The van der Waals surface area contributed by atoms with E-state index in [-0.39, 0.29) is 0 Å². The number of benzene rings is 2. The van der Waals surface area contributed by atoms with E-state index in [9.17, 15) is 0 Å². The molecule has 2 aromatic heterocycles. The van der Waals surface area contributed by atoms with E-state index in [1.807, 2.05) is 48.5 Å². The molecule has 0 spiro atoms. The molecule has 0 saturated carbocycles. The molecule has 0 aliphatic rings. The van der Waals surface area contributed by atoms with Crippen molar-refractivity contribution in [2.45, 2.75) is 13.2 Å². The molecule has 0 aliphatic heterocycles. The predicted octanol–water partition coefficient (Wildman–Crippen LogP) is 4.99. The van der Waals surface area contributed by atoms with Crippen LogP contribution in [0.4, 0.5) is 0 Å². The molecular weight excluding hydrogens is 434 g/mol. The van der Waals surface area contributed by atoms with Crippen molar-refractivity contribution >= 4 is 23.8 Å². The van der Waals surface area contributed by atoms with E-state index in [1.54, 1.807) is 30.2 Å². The molecule has 2 aromatic carbocycles. The molecule has 0 radical (unpaired) electrons. The number of ether oxygens (including phenoxy) is 2. The Kier molecular flexibility index (Phi) is 6.49. The molecule has 4 aromatic rings. The van der Waals surface area contributed by atoms with Crippen LogP contribution in [-0.2, 0) is 13.2 Å². The van der Waals surface area contributed by atoms with Gasteiger partial charge in [-0.05, 0) is 41.5 Å². The second-order valence-electron chi connectivity index (χ2n) is 6.63. The van der Waals surface area contributed by atoms with Gasteiger partial charge in [0.25, 0.3) is 0 Å². The number of halogens is 1. The van der Waals surface area contributed by atoms with Crippen LogP contribution in [0.5, 0.6) is 11.5 Å². The number of H-pyrrole nitrogens is 1. The highest BCUT2D eigenvalue weighted by molar-refractivity contribution is 7.71. The number of nitrogens with zero attached hydrogens (tertiary/aromatic N) is 3. The van der Waals surface area contributed by atoms with E-state index < -0.39 is 0 Å². The van der Waals surface area contributed by atoms with E-state index in [2.05, 4.69) is 20.6 Å². The molecular formula is C22H20ClN5O2S. The van der Waals surface area contributed by atoms with Crippen molar-refractivity contribution in [3.63, 3.8) is 0 Å². The van der Waals surface area contributed by atoms with E-state index >= 15 is 0 Å². The Hall–Kier alpha value is -3.36. The quantitative estimate of drug-likeness (QED) is 0.366. The Balaban J connectivity index is 1.52. The van der Waals surface area contributed by atoms with Gasteiger partial charge in [0.15, 0.2) is 17.3 Å². The summed E-state index contributed by atoms with van der Waals surface area (Å²) in [6.07, 6.45) is 3.40. The lowest BCUT2D eigenvalue weighted by molar-refractivity contribution is 0.284. The first-order chi connectivity index (χ1) is 15.2. The van der Waals surface area contributed by atoms with Crippen molar-refractivity contribution in [1.29, 1.82) is 0 Å². The van der Waals surface area contributed by atoms with Gasteiger partial charge >= 0.3 is 0 Å². The molecule has 4 rings (SSSR count). The minimum absolute atomic E-state index is 0.403. The van der Waals surface area contributed by atoms with Crippen LogP contribution in [0, 0.1) is 4.77 Å². The molecule has 158 valence electrons. The molecule has 7 nitrogen and oxygen atoms in total. The van der Waals surface area contributed by atoms with Crippen LogP contribution in [0.25, 0.3) is 11.4 Å². The minimum atomic E-state index is 0.403. The van der Waals surface area contributed by atoms with Crippen LogP contribution in [0.2, 0.25) is 5.02 Å². The fourth-order valence-electron chi connectivity index (χ4n) is 3.02. The Morgan fingerprint density at radius 2 is 1.87 bits per heavy atom. The van der Waals surface area contributed by atoms with Crippen molar-refractivity contribution < 1.29 is 9.47 Å². The second kappa shape index (κ2) is 9.63. The Labute approximate surface area is 189 Å². The molecule has 9 heteroatoms. The van der Waals surface area contributed by atoms with Gasteiger partial charge in [0.1, 0.15) is 6.61 Å². The van der Waals surface area contributed by atoms with Crippen LogP contribution in [0.1, 0.15) is 11.1 Å². The van der Waals surface area contributed by atoms with Gasteiger partial charge in [-0.2, -0.15) is 5.10 Å². The summed E-state index contributed by atoms with van der Waals surface area (Å²) in [7, 11) is 1.60. The molecule has 2 heterocycles. The van der Waals surface area contributed by atoms with Crippen LogP contribution in [0.15, 0.2) is 67.0 Å². The predicted molar refractivity (Wildman–Crippen MR) is 122 cm³/mol. The smallest absolute Gasteiger partial charge is 0.214 e. The molecule has 0 fully saturated rings. The normalized spacial score (nSPS) is 10.6. The van der Waals surface area contributed by atoms with E-state index in [1.165, 1.54) is 0 Å². The zero-order chi connectivity index (χ0) is 21.6. The molecule has 0 bridgehead atoms. The largest absolute Gasteiger partial charge is 0.493 e. The average Bonchev–Trinajstić information content (AvgIpc) is 3.18.